The first-order chi connectivity index (χ1) is 17.9. The zero-order valence-electron chi connectivity index (χ0n) is 20.0. The zero-order chi connectivity index (χ0) is 26.3. The molecule has 0 aliphatic carbocycles. The summed E-state index contributed by atoms with van der Waals surface area (Å²) in [4.78, 5) is 13.0. The van der Waals surface area contributed by atoms with Gasteiger partial charge in [-0.3, -0.25) is 14.4 Å². The number of carbonyl (C=O) groups is 1. The molecule has 0 bridgehead atoms. The molecule has 0 aliphatic rings. The van der Waals surface area contributed by atoms with E-state index in [2.05, 4.69) is 15.5 Å². The molecule has 1 aromatic heterocycles. The number of nitrogens with zero attached hydrogens (tertiary/aromatic N) is 3. The summed E-state index contributed by atoms with van der Waals surface area (Å²) in [6.45, 7) is -0.487. The minimum absolute atomic E-state index is 0.0492. The second-order valence-corrected chi connectivity index (χ2v) is 11.6. The topological polar surface area (TPSA) is 111 Å². The number of sulfonamides is 1. The maximum absolute atomic E-state index is 13.5. The molecule has 0 aliphatic heterocycles. The molecule has 9 nitrogen and oxygen atoms in total. The summed E-state index contributed by atoms with van der Waals surface area (Å²) >= 11 is 2.73. The fourth-order valence-electron chi connectivity index (χ4n) is 3.34. The molecule has 0 saturated heterocycles. The van der Waals surface area contributed by atoms with Gasteiger partial charge in [0.05, 0.1) is 24.8 Å². The van der Waals surface area contributed by atoms with E-state index in [1.807, 2.05) is 30.3 Å². The Morgan fingerprint density at radius 3 is 2.30 bits per heavy atom. The molecule has 0 atom stereocenters. The molecule has 0 unspecified atom stereocenters. The van der Waals surface area contributed by atoms with Gasteiger partial charge in [0.2, 0.25) is 11.0 Å². The summed E-state index contributed by atoms with van der Waals surface area (Å²) in [5.74, 6) is 0.913. The van der Waals surface area contributed by atoms with E-state index in [1.165, 1.54) is 55.5 Å². The van der Waals surface area contributed by atoms with Gasteiger partial charge >= 0.3 is 0 Å². The van der Waals surface area contributed by atoms with Crippen molar-refractivity contribution in [3.63, 3.8) is 0 Å². The summed E-state index contributed by atoms with van der Waals surface area (Å²) in [5, 5.41) is 11.1. The Balaban J connectivity index is 1.54. The second kappa shape index (κ2) is 12.1. The van der Waals surface area contributed by atoms with Crippen LogP contribution in [0.1, 0.15) is 5.56 Å². The van der Waals surface area contributed by atoms with Crippen LogP contribution >= 0.6 is 23.1 Å². The fraction of sp³-hybridized carbons (Fsp3) is 0.160. The molecule has 4 rings (SSSR count). The highest BCUT2D eigenvalue weighted by Crippen LogP contribution is 2.34. The van der Waals surface area contributed by atoms with Gasteiger partial charge in [-0.25, -0.2) is 8.42 Å². The third kappa shape index (κ3) is 6.59. The predicted octanol–water partition coefficient (Wildman–Crippen LogP) is 4.68. The van der Waals surface area contributed by atoms with Crippen molar-refractivity contribution in [3.8, 4) is 11.5 Å². The van der Waals surface area contributed by atoms with Crippen molar-refractivity contribution in [1.82, 2.24) is 10.2 Å². The number of hydrogen-bond donors (Lipinski definition) is 1. The molecule has 0 saturated carbocycles. The summed E-state index contributed by atoms with van der Waals surface area (Å²) in [6, 6.07) is 22.5. The van der Waals surface area contributed by atoms with Gasteiger partial charge in [-0.2, -0.15) is 0 Å². The van der Waals surface area contributed by atoms with Crippen molar-refractivity contribution in [2.45, 2.75) is 15.0 Å². The second-order valence-electron chi connectivity index (χ2n) is 7.56. The minimum Gasteiger partial charge on any atom is -0.493 e. The molecular weight excluding hydrogens is 532 g/mol. The van der Waals surface area contributed by atoms with Crippen molar-refractivity contribution in [3.05, 3.63) is 84.4 Å². The van der Waals surface area contributed by atoms with Gasteiger partial charge < -0.3 is 9.47 Å². The van der Waals surface area contributed by atoms with E-state index in [1.54, 1.807) is 30.3 Å². The molecule has 12 heteroatoms. The number of methoxy groups -OCH3 is 2. The van der Waals surface area contributed by atoms with Crippen LogP contribution in [-0.4, -0.2) is 45.3 Å². The molecule has 37 heavy (non-hydrogen) atoms. The normalized spacial score (nSPS) is 11.1. The zero-order valence-corrected chi connectivity index (χ0v) is 22.5. The largest absolute Gasteiger partial charge is 0.493 e. The van der Waals surface area contributed by atoms with Crippen molar-refractivity contribution >= 4 is 49.8 Å². The highest BCUT2D eigenvalue weighted by molar-refractivity contribution is 8.00. The average Bonchev–Trinajstić information content (AvgIpc) is 3.38. The van der Waals surface area contributed by atoms with Crippen molar-refractivity contribution in [2.24, 2.45) is 0 Å². The lowest BCUT2D eigenvalue weighted by Crippen LogP contribution is -2.38. The van der Waals surface area contributed by atoms with Crippen LogP contribution in [0.25, 0.3) is 0 Å². The molecular formula is C25H24N4O5S3. The monoisotopic (exact) mass is 556 g/mol. The smallest absolute Gasteiger partial charge is 0.264 e. The van der Waals surface area contributed by atoms with Gasteiger partial charge in [0.25, 0.3) is 10.0 Å². The van der Waals surface area contributed by atoms with Crippen LogP contribution in [-0.2, 0) is 20.6 Å². The number of hydrogen-bond acceptors (Lipinski definition) is 9. The Hall–Kier alpha value is -3.61. The SMILES string of the molecule is COc1ccc(N(CC(=O)Nc2nnc(SCc3ccccc3)s2)S(=O)(=O)c2ccccc2)cc1OC. The van der Waals surface area contributed by atoms with E-state index in [0.29, 0.717) is 21.6 Å². The minimum atomic E-state index is -4.08. The van der Waals surface area contributed by atoms with E-state index >= 15 is 0 Å². The Labute approximate surface area is 223 Å². The van der Waals surface area contributed by atoms with Crippen LogP contribution in [0, 0.1) is 0 Å². The van der Waals surface area contributed by atoms with Gasteiger partial charge in [0.15, 0.2) is 15.8 Å². The highest BCUT2D eigenvalue weighted by Gasteiger charge is 2.28. The molecule has 0 radical (unpaired) electrons. The molecule has 1 N–H and O–H groups in total. The Bertz CT molecular complexity index is 1450. The summed E-state index contributed by atoms with van der Waals surface area (Å²) in [6.07, 6.45) is 0. The van der Waals surface area contributed by atoms with Crippen LogP contribution < -0.4 is 19.1 Å². The standard InChI is InChI=1S/C25H24N4O5S3/c1-33-21-14-13-19(15-22(21)34-2)29(37(31,32)20-11-7-4-8-12-20)16-23(30)26-24-27-28-25(36-24)35-17-18-9-5-3-6-10-18/h3-15H,16-17H2,1-2H3,(H,26,27,30). The number of amides is 1. The van der Waals surface area contributed by atoms with Crippen molar-refractivity contribution in [2.75, 3.05) is 30.4 Å². The molecule has 3 aromatic carbocycles. The maximum Gasteiger partial charge on any atom is 0.264 e. The van der Waals surface area contributed by atoms with Crippen LogP contribution in [0.4, 0.5) is 10.8 Å². The van der Waals surface area contributed by atoms with Crippen LogP contribution in [0.2, 0.25) is 0 Å². The summed E-state index contributed by atoms with van der Waals surface area (Å²) in [5.41, 5.74) is 1.39. The van der Waals surface area contributed by atoms with E-state index in [9.17, 15) is 13.2 Å². The summed E-state index contributed by atoms with van der Waals surface area (Å²) < 4.78 is 39.4. The molecule has 4 aromatic rings. The molecule has 0 fully saturated rings. The van der Waals surface area contributed by atoms with Crippen LogP contribution in [0.3, 0.4) is 0 Å². The van der Waals surface area contributed by atoms with E-state index in [0.717, 1.165) is 9.87 Å². The Morgan fingerprint density at radius 1 is 0.946 bits per heavy atom. The van der Waals surface area contributed by atoms with E-state index < -0.39 is 22.5 Å². The number of anilines is 2. The van der Waals surface area contributed by atoms with Crippen LogP contribution in [0.5, 0.6) is 11.5 Å². The Kier molecular flexibility index (Phi) is 8.64. The number of ether oxygens (including phenoxy) is 2. The van der Waals surface area contributed by atoms with Gasteiger partial charge in [-0.1, -0.05) is 71.6 Å². The van der Waals surface area contributed by atoms with E-state index in [-0.39, 0.29) is 15.7 Å². The lowest BCUT2D eigenvalue weighted by molar-refractivity contribution is -0.114. The lowest BCUT2D eigenvalue weighted by Gasteiger charge is -2.24. The van der Waals surface area contributed by atoms with Gasteiger partial charge in [0, 0.05) is 11.8 Å². The predicted molar refractivity (Wildman–Crippen MR) is 145 cm³/mol. The first-order valence-corrected chi connectivity index (χ1v) is 14.2. The van der Waals surface area contributed by atoms with Crippen LogP contribution in [0.15, 0.2) is 88.1 Å². The summed E-state index contributed by atoms with van der Waals surface area (Å²) in [7, 11) is -1.15. The van der Waals surface area contributed by atoms with Crippen molar-refractivity contribution in [1.29, 1.82) is 0 Å². The Morgan fingerprint density at radius 2 is 1.62 bits per heavy atom. The van der Waals surface area contributed by atoms with Gasteiger partial charge in [-0.05, 0) is 29.8 Å². The average molecular weight is 557 g/mol. The number of benzene rings is 3. The number of thioether (sulfide) groups is 1. The highest BCUT2D eigenvalue weighted by atomic mass is 32.2. The van der Waals surface area contributed by atoms with Crippen molar-refractivity contribution < 1.29 is 22.7 Å². The third-order valence-corrected chi connectivity index (χ3v) is 8.96. The third-order valence-electron chi connectivity index (χ3n) is 5.13. The first-order valence-electron chi connectivity index (χ1n) is 11.0. The molecule has 0 spiro atoms. The molecule has 192 valence electrons. The van der Waals surface area contributed by atoms with Gasteiger partial charge in [-0.15, -0.1) is 10.2 Å². The number of carbonyl (C=O) groups excluding carboxylic acids is 1. The quantitative estimate of drug-likeness (QED) is 0.209. The number of nitrogens with one attached hydrogen (secondary N) is 1. The molecule has 1 heterocycles. The molecule has 1 amide bonds. The lowest BCUT2D eigenvalue weighted by atomic mass is 10.2. The van der Waals surface area contributed by atoms with E-state index in [4.69, 9.17) is 9.47 Å². The fourth-order valence-corrected chi connectivity index (χ4v) is 6.50. The number of rotatable bonds is 11. The van der Waals surface area contributed by atoms with Gasteiger partial charge in [0.1, 0.15) is 6.54 Å². The number of aromatic nitrogens is 2. The maximum atomic E-state index is 13.5. The first kappa shape index (κ1) is 26.5.